The molecule has 0 aliphatic carbocycles. The smallest absolute Gasteiger partial charge is 0.221 e. The van der Waals surface area contributed by atoms with Gasteiger partial charge in [-0.25, -0.2) is 9.97 Å². The van der Waals surface area contributed by atoms with Crippen molar-refractivity contribution in [3.63, 3.8) is 0 Å². The summed E-state index contributed by atoms with van der Waals surface area (Å²) in [6.07, 6.45) is 0.919. The van der Waals surface area contributed by atoms with Gasteiger partial charge in [0, 0.05) is 48.6 Å². The van der Waals surface area contributed by atoms with Crippen LogP contribution in [0.1, 0.15) is 19.0 Å². The first-order valence-corrected chi connectivity index (χ1v) is 13.4. The quantitative estimate of drug-likeness (QED) is 0.198. The SMILES string of the molecule is CC(=O)Nc1ccc(Sc2nc(Nc3cc(C)n[nH]3)c3cccc(OCCCN4CCOCC4)c3n2)cc1. The Bertz CT molecular complexity index is 1390. The molecule has 1 fully saturated rings. The zero-order chi connectivity index (χ0) is 26.3. The molecule has 0 saturated carbocycles. The lowest BCUT2D eigenvalue weighted by atomic mass is 10.2. The predicted octanol–water partition coefficient (Wildman–Crippen LogP) is 4.62. The highest BCUT2D eigenvalue weighted by atomic mass is 32.2. The van der Waals surface area contributed by atoms with Gasteiger partial charge in [-0.05, 0) is 61.5 Å². The number of morpholine rings is 1. The number of benzene rings is 2. The third-order valence-electron chi connectivity index (χ3n) is 5.99. The fraction of sp³-hybridized carbons (Fsp3) is 0.333. The lowest BCUT2D eigenvalue weighted by Gasteiger charge is -2.26. The van der Waals surface area contributed by atoms with Gasteiger partial charge < -0.3 is 20.1 Å². The van der Waals surface area contributed by atoms with Crippen LogP contribution in [0, 0.1) is 6.92 Å². The van der Waals surface area contributed by atoms with Crippen LogP contribution in [-0.4, -0.2) is 70.4 Å². The summed E-state index contributed by atoms with van der Waals surface area (Å²) in [5.74, 6) is 2.02. The zero-order valence-corrected chi connectivity index (χ0v) is 22.3. The Morgan fingerprint density at radius 3 is 2.71 bits per heavy atom. The number of nitrogens with zero attached hydrogens (tertiary/aromatic N) is 4. The minimum atomic E-state index is -0.106. The highest BCUT2D eigenvalue weighted by Gasteiger charge is 2.15. The van der Waals surface area contributed by atoms with E-state index in [9.17, 15) is 4.79 Å². The van der Waals surface area contributed by atoms with Crippen molar-refractivity contribution in [2.75, 3.05) is 50.1 Å². The van der Waals surface area contributed by atoms with Crippen molar-refractivity contribution >= 4 is 45.9 Å². The molecule has 10 nitrogen and oxygen atoms in total. The maximum Gasteiger partial charge on any atom is 0.221 e. The number of hydrogen-bond donors (Lipinski definition) is 3. The molecule has 0 bridgehead atoms. The fourth-order valence-electron chi connectivity index (χ4n) is 4.19. The molecule has 3 heterocycles. The molecule has 1 aliphatic rings. The van der Waals surface area contributed by atoms with Gasteiger partial charge in [-0.2, -0.15) is 5.10 Å². The molecule has 1 aliphatic heterocycles. The van der Waals surface area contributed by atoms with Crippen LogP contribution in [0.4, 0.5) is 17.3 Å². The van der Waals surface area contributed by atoms with Crippen molar-refractivity contribution in [1.29, 1.82) is 0 Å². The maximum absolute atomic E-state index is 11.3. The monoisotopic (exact) mass is 533 g/mol. The van der Waals surface area contributed by atoms with Crippen LogP contribution in [0.5, 0.6) is 5.75 Å². The molecule has 0 spiro atoms. The van der Waals surface area contributed by atoms with Gasteiger partial charge in [0.1, 0.15) is 22.9 Å². The van der Waals surface area contributed by atoms with Crippen molar-refractivity contribution in [3.8, 4) is 5.75 Å². The highest BCUT2D eigenvalue weighted by molar-refractivity contribution is 7.99. The number of aromatic nitrogens is 4. The number of para-hydroxylation sites is 1. The molecule has 0 unspecified atom stereocenters. The number of carbonyl (C=O) groups excluding carboxylic acids is 1. The molecule has 38 heavy (non-hydrogen) atoms. The minimum Gasteiger partial charge on any atom is -0.491 e. The number of fused-ring (bicyclic) bond motifs is 1. The second-order valence-corrected chi connectivity index (χ2v) is 10.1. The summed E-state index contributed by atoms with van der Waals surface area (Å²) in [5.41, 5.74) is 2.36. The van der Waals surface area contributed by atoms with Gasteiger partial charge in [0.2, 0.25) is 5.91 Å². The number of H-pyrrole nitrogens is 1. The molecule has 5 rings (SSSR count). The molecule has 4 aromatic rings. The van der Waals surface area contributed by atoms with Crippen LogP contribution >= 0.6 is 11.8 Å². The molecule has 0 atom stereocenters. The molecule has 11 heteroatoms. The van der Waals surface area contributed by atoms with Gasteiger partial charge >= 0.3 is 0 Å². The number of hydrogen-bond acceptors (Lipinski definition) is 9. The number of anilines is 3. The van der Waals surface area contributed by atoms with E-state index >= 15 is 0 Å². The van der Waals surface area contributed by atoms with Crippen LogP contribution < -0.4 is 15.4 Å². The molecule has 1 saturated heterocycles. The van der Waals surface area contributed by atoms with E-state index in [0.29, 0.717) is 17.6 Å². The Balaban J connectivity index is 1.39. The third-order valence-corrected chi connectivity index (χ3v) is 6.86. The molecule has 0 radical (unpaired) electrons. The molecule has 2 aromatic carbocycles. The van der Waals surface area contributed by atoms with Gasteiger partial charge in [-0.1, -0.05) is 6.07 Å². The Morgan fingerprint density at radius 1 is 1.16 bits per heavy atom. The van der Waals surface area contributed by atoms with E-state index in [2.05, 4.69) is 25.7 Å². The number of aryl methyl sites for hydroxylation is 1. The van der Waals surface area contributed by atoms with Crippen LogP contribution in [0.2, 0.25) is 0 Å². The van der Waals surface area contributed by atoms with Gasteiger partial charge in [-0.15, -0.1) is 0 Å². The summed E-state index contributed by atoms with van der Waals surface area (Å²) in [6.45, 7) is 8.51. The fourth-order valence-corrected chi connectivity index (χ4v) is 4.94. The molecule has 2 aromatic heterocycles. The highest BCUT2D eigenvalue weighted by Crippen LogP contribution is 2.34. The zero-order valence-electron chi connectivity index (χ0n) is 21.5. The number of rotatable bonds is 10. The normalized spacial score (nSPS) is 13.9. The van der Waals surface area contributed by atoms with Gasteiger partial charge in [0.15, 0.2) is 5.16 Å². The summed E-state index contributed by atoms with van der Waals surface area (Å²) in [4.78, 5) is 24.4. The van der Waals surface area contributed by atoms with Gasteiger partial charge in [0.25, 0.3) is 0 Å². The van der Waals surface area contributed by atoms with Gasteiger partial charge in [-0.3, -0.25) is 14.8 Å². The number of aromatic amines is 1. The second kappa shape index (κ2) is 12.2. The van der Waals surface area contributed by atoms with E-state index in [1.807, 2.05) is 55.5 Å². The van der Waals surface area contributed by atoms with E-state index < -0.39 is 0 Å². The Labute approximate surface area is 225 Å². The lowest BCUT2D eigenvalue weighted by Crippen LogP contribution is -2.37. The minimum absolute atomic E-state index is 0.106. The third kappa shape index (κ3) is 6.80. The summed E-state index contributed by atoms with van der Waals surface area (Å²) in [7, 11) is 0. The van der Waals surface area contributed by atoms with Crippen LogP contribution in [-0.2, 0) is 9.53 Å². The lowest BCUT2D eigenvalue weighted by molar-refractivity contribution is -0.114. The van der Waals surface area contributed by atoms with E-state index in [-0.39, 0.29) is 5.91 Å². The standard InChI is InChI=1S/C27H31N7O3S/c1-18-17-24(33-32-18)29-26-22-5-3-6-23(37-14-4-11-34-12-15-36-16-13-34)25(22)30-27(31-26)38-21-9-7-20(8-10-21)28-19(2)35/h3,5-10,17H,4,11-16H2,1-2H3,(H,28,35)(H2,29,30,31,32,33). The van der Waals surface area contributed by atoms with Gasteiger partial charge in [0.05, 0.1) is 25.5 Å². The number of ether oxygens (including phenoxy) is 2. The molecular weight excluding hydrogens is 502 g/mol. The Morgan fingerprint density at radius 2 is 1.97 bits per heavy atom. The molecule has 198 valence electrons. The summed E-state index contributed by atoms with van der Waals surface area (Å²) >= 11 is 1.44. The van der Waals surface area contributed by atoms with E-state index in [1.54, 1.807) is 0 Å². The van der Waals surface area contributed by atoms with Crippen LogP contribution in [0.3, 0.4) is 0 Å². The Hall–Kier alpha value is -3.67. The molecule has 3 N–H and O–H groups in total. The van der Waals surface area contributed by atoms with E-state index in [0.717, 1.165) is 78.0 Å². The number of carbonyl (C=O) groups is 1. The summed E-state index contributed by atoms with van der Waals surface area (Å²) in [5, 5.41) is 14.8. The van der Waals surface area contributed by atoms with Crippen molar-refractivity contribution < 1.29 is 14.3 Å². The van der Waals surface area contributed by atoms with Crippen molar-refractivity contribution in [2.24, 2.45) is 0 Å². The maximum atomic E-state index is 11.3. The van der Waals surface area contributed by atoms with Crippen LogP contribution in [0.15, 0.2) is 58.6 Å². The summed E-state index contributed by atoms with van der Waals surface area (Å²) in [6, 6.07) is 15.4. The first kappa shape index (κ1) is 26.0. The topological polar surface area (TPSA) is 117 Å². The largest absolute Gasteiger partial charge is 0.491 e. The molecule has 1 amide bonds. The second-order valence-electron chi connectivity index (χ2n) is 9.02. The van der Waals surface area contributed by atoms with Crippen molar-refractivity contribution in [2.45, 2.75) is 30.3 Å². The van der Waals surface area contributed by atoms with E-state index in [1.165, 1.54) is 18.7 Å². The average molecular weight is 534 g/mol. The van der Waals surface area contributed by atoms with E-state index in [4.69, 9.17) is 19.4 Å². The summed E-state index contributed by atoms with van der Waals surface area (Å²) < 4.78 is 11.7. The number of amides is 1. The predicted molar refractivity (Wildman–Crippen MR) is 148 cm³/mol. The first-order chi connectivity index (χ1) is 18.5. The average Bonchev–Trinajstić information content (AvgIpc) is 3.32. The first-order valence-electron chi connectivity index (χ1n) is 12.6. The van der Waals surface area contributed by atoms with Crippen molar-refractivity contribution in [1.82, 2.24) is 25.1 Å². The Kier molecular flexibility index (Phi) is 8.37. The van der Waals surface area contributed by atoms with Crippen LogP contribution in [0.25, 0.3) is 10.9 Å². The molecular formula is C27H31N7O3S. The number of nitrogens with one attached hydrogen (secondary N) is 3. The van der Waals surface area contributed by atoms with Crippen molar-refractivity contribution in [3.05, 3.63) is 54.2 Å².